The Bertz CT molecular complexity index is 437. The van der Waals surface area contributed by atoms with Gasteiger partial charge in [0.1, 0.15) is 5.82 Å². The van der Waals surface area contributed by atoms with Crippen LogP contribution in [-0.2, 0) is 9.53 Å². The number of rotatable bonds is 4. The van der Waals surface area contributed by atoms with Gasteiger partial charge in [-0.25, -0.2) is 9.18 Å². The van der Waals surface area contributed by atoms with E-state index in [2.05, 4.69) is 26.2 Å². The second kappa shape index (κ2) is 6.44. The van der Waals surface area contributed by atoms with Gasteiger partial charge in [0.05, 0.1) is 12.3 Å². The van der Waals surface area contributed by atoms with Crippen LogP contribution in [0, 0.1) is 5.82 Å². The van der Waals surface area contributed by atoms with Gasteiger partial charge in [0.25, 0.3) is 0 Å². The summed E-state index contributed by atoms with van der Waals surface area (Å²) in [7, 11) is 0. The molecule has 0 fully saturated rings. The van der Waals surface area contributed by atoms with Gasteiger partial charge in [-0.1, -0.05) is 0 Å². The van der Waals surface area contributed by atoms with E-state index >= 15 is 0 Å². The molecule has 0 aliphatic rings. The number of halogens is 2. The topological polar surface area (TPSA) is 51.0 Å². The average molecular weight is 303 g/mol. The van der Waals surface area contributed by atoms with Crippen molar-refractivity contribution in [2.45, 2.75) is 19.9 Å². The van der Waals surface area contributed by atoms with E-state index in [1.54, 1.807) is 13.8 Å². The molecule has 0 radical (unpaired) electrons. The minimum absolute atomic E-state index is 0.305. The van der Waals surface area contributed by atoms with E-state index in [-0.39, 0.29) is 5.82 Å². The predicted molar refractivity (Wildman–Crippen MR) is 64.7 cm³/mol. The van der Waals surface area contributed by atoms with Crippen molar-refractivity contribution in [3.05, 3.63) is 28.5 Å². The van der Waals surface area contributed by atoms with Crippen molar-refractivity contribution in [3.63, 3.8) is 0 Å². The molecule has 0 heterocycles. The summed E-state index contributed by atoms with van der Waals surface area (Å²) in [5.41, 5.74) is 0.461. The molecule has 4 nitrogen and oxygen atoms in total. The molecule has 0 spiro atoms. The Hall–Kier alpha value is -1.30. The van der Waals surface area contributed by atoms with Crippen LogP contribution in [0.4, 0.5) is 10.1 Å². The van der Waals surface area contributed by atoms with Crippen LogP contribution in [0.25, 0.3) is 0 Å². The molecule has 17 heavy (non-hydrogen) atoms. The molecule has 0 aliphatic carbocycles. The zero-order valence-corrected chi connectivity index (χ0v) is 11.1. The van der Waals surface area contributed by atoms with Crippen molar-refractivity contribution >= 4 is 27.6 Å². The van der Waals surface area contributed by atoms with Crippen molar-refractivity contribution < 1.29 is 13.9 Å². The number of hydrogen-bond donors (Lipinski definition) is 0. The fourth-order valence-electron chi connectivity index (χ4n) is 1.02. The maximum Gasteiger partial charge on any atom is 0.332 e. The number of hydrogen-bond acceptors (Lipinski definition) is 4. The van der Waals surface area contributed by atoms with Crippen LogP contribution < -0.4 is 0 Å². The van der Waals surface area contributed by atoms with E-state index in [4.69, 9.17) is 4.74 Å². The molecule has 1 unspecified atom stereocenters. The van der Waals surface area contributed by atoms with Gasteiger partial charge in [-0.3, -0.25) is 0 Å². The van der Waals surface area contributed by atoms with Crippen molar-refractivity contribution in [2.24, 2.45) is 10.2 Å². The summed E-state index contributed by atoms with van der Waals surface area (Å²) in [5, 5.41) is 7.66. The van der Waals surface area contributed by atoms with E-state index in [1.807, 2.05) is 0 Å². The lowest BCUT2D eigenvalue weighted by Crippen LogP contribution is -2.17. The zero-order valence-electron chi connectivity index (χ0n) is 9.48. The van der Waals surface area contributed by atoms with E-state index in [1.165, 1.54) is 18.2 Å². The predicted octanol–water partition coefficient (Wildman–Crippen LogP) is 3.62. The molecule has 6 heteroatoms. The minimum atomic E-state index is -0.674. The Labute approximate surface area is 107 Å². The van der Waals surface area contributed by atoms with E-state index in [0.29, 0.717) is 16.8 Å². The number of carbonyl (C=O) groups excluding carboxylic acids is 1. The van der Waals surface area contributed by atoms with Crippen LogP contribution in [0.2, 0.25) is 0 Å². The van der Waals surface area contributed by atoms with Gasteiger partial charge in [0.2, 0.25) is 0 Å². The molecular weight excluding hydrogens is 291 g/mol. The van der Waals surface area contributed by atoms with Gasteiger partial charge in [-0.05, 0) is 48.0 Å². The Morgan fingerprint density at radius 1 is 1.59 bits per heavy atom. The first-order valence-electron chi connectivity index (χ1n) is 5.07. The Morgan fingerprint density at radius 2 is 2.29 bits per heavy atom. The Morgan fingerprint density at radius 3 is 2.88 bits per heavy atom. The number of carbonyl (C=O) groups is 1. The first-order valence-corrected chi connectivity index (χ1v) is 5.86. The number of benzene rings is 1. The lowest BCUT2D eigenvalue weighted by Gasteiger charge is -2.04. The molecule has 0 aromatic heterocycles. The van der Waals surface area contributed by atoms with Gasteiger partial charge >= 0.3 is 5.97 Å². The second-order valence-electron chi connectivity index (χ2n) is 3.24. The second-order valence-corrected chi connectivity index (χ2v) is 4.09. The molecule has 1 aromatic carbocycles. The Balaban J connectivity index is 2.73. The highest BCUT2D eigenvalue weighted by Crippen LogP contribution is 2.26. The summed E-state index contributed by atoms with van der Waals surface area (Å²) in [6.07, 6.45) is 0. The molecule has 1 atom stereocenters. The van der Waals surface area contributed by atoms with Gasteiger partial charge < -0.3 is 4.74 Å². The number of azo groups is 1. The van der Waals surface area contributed by atoms with Crippen molar-refractivity contribution in [3.8, 4) is 0 Å². The summed E-state index contributed by atoms with van der Waals surface area (Å²) < 4.78 is 18.1. The largest absolute Gasteiger partial charge is 0.464 e. The molecule has 92 valence electrons. The maximum atomic E-state index is 12.8. The normalized spacial score (nSPS) is 12.7. The minimum Gasteiger partial charge on any atom is -0.464 e. The summed E-state index contributed by atoms with van der Waals surface area (Å²) in [6, 6.07) is 3.35. The molecule has 0 bridgehead atoms. The van der Waals surface area contributed by atoms with Crippen LogP contribution in [-0.4, -0.2) is 18.6 Å². The third-order valence-electron chi connectivity index (χ3n) is 1.88. The molecule has 0 saturated heterocycles. The van der Waals surface area contributed by atoms with Crippen LogP contribution in [0.3, 0.4) is 0 Å². The van der Waals surface area contributed by atoms with Crippen molar-refractivity contribution in [1.82, 2.24) is 0 Å². The van der Waals surface area contributed by atoms with Crippen LogP contribution in [0.15, 0.2) is 32.9 Å². The van der Waals surface area contributed by atoms with Crippen LogP contribution in [0.1, 0.15) is 13.8 Å². The number of esters is 1. The monoisotopic (exact) mass is 302 g/mol. The summed E-state index contributed by atoms with van der Waals surface area (Å²) in [5.74, 6) is -0.802. The van der Waals surface area contributed by atoms with Gasteiger partial charge in [-0.2, -0.15) is 10.2 Å². The summed E-state index contributed by atoms with van der Waals surface area (Å²) in [6.45, 7) is 3.61. The maximum absolute atomic E-state index is 12.8. The van der Waals surface area contributed by atoms with E-state index in [0.717, 1.165) is 0 Å². The van der Waals surface area contributed by atoms with Crippen LogP contribution in [0.5, 0.6) is 0 Å². The zero-order chi connectivity index (χ0) is 12.8. The fraction of sp³-hybridized carbons (Fsp3) is 0.364. The number of nitrogens with zero attached hydrogens (tertiary/aromatic N) is 2. The van der Waals surface area contributed by atoms with Crippen molar-refractivity contribution in [2.75, 3.05) is 6.61 Å². The van der Waals surface area contributed by atoms with Crippen LogP contribution >= 0.6 is 15.9 Å². The molecule has 0 saturated carbocycles. The SMILES string of the molecule is CCOC(=O)C(C)N=Nc1ccc(F)cc1Br. The summed E-state index contributed by atoms with van der Waals surface area (Å²) >= 11 is 3.16. The van der Waals surface area contributed by atoms with Gasteiger partial charge in [-0.15, -0.1) is 0 Å². The van der Waals surface area contributed by atoms with E-state index in [9.17, 15) is 9.18 Å². The molecule has 0 aliphatic heterocycles. The molecule has 0 amide bonds. The molecule has 1 aromatic rings. The third-order valence-corrected chi connectivity index (χ3v) is 2.51. The third kappa shape index (κ3) is 4.22. The smallest absolute Gasteiger partial charge is 0.332 e. The van der Waals surface area contributed by atoms with Crippen molar-refractivity contribution in [1.29, 1.82) is 0 Å². The standard InChI is InChI=1S/C11H12BrFN2O2/c1-3-17-11(16)7(2)14-15-10-5-4-8(13)6-9(10)12/h4-7H,3H2,1-2H3. The lowest BCUT2D eigenvalue weighted by atomic mass is 10.3. The first-order chi connectivity index (χ1) is 8.04. The quantitative estimate of drug-likeness (QED) is 0.630. The average Bonchev–Trinajstić information content (AvgIpc) is 2.27. The number of ether oxygens (including phenoxy) is 1. The van der Waals surface area contributed by atoms with Gasteiger partial charge in [0, 0.05) is 4.47 Å². The highest BCUT2D eigenvalue weighted by molar-refractivity contribution is 9.10. The molecular formula is C11H12BrFN2O2. The highest BCUT2D eigenvalue weighted by atomic mass is 79.9. The Kier molecular flexibility index (Phi) is 5.21. The molecule has 0 N–H and O–H groups in total. The lowest BCUT2D eigenvalue weighted by molar-refractivity contribution is -0.144. The fourth-order valence-corrected chi connectivity index (χ4v) is 1.45. The summed E-state index contributed by atoms with van der Waals surface area (Å²) in [4.78, 5) is 11.3. The highest BCUT2D eigenvalue weighted by Gasteiger charge is 2.12. The molecule has 1 rings (SSSR count). The van der Waals surface area contributed by atoms with E-state index < -0.39 is 12.0 Å². The first kappa shape index (κ1) is 13.8. The van der Waals surface area contributed by atoms with Gasteiger partial charge in [0.15, 0.2) is 6.04 Å².